The Morgan fingerprint density at radius 2 is 1.88 bits per heavy atom. The van der Waals surface area contributed by atoms with Crippen LogP contribution in [0.5, 0.6) is 5.75 Å². The molecule has 2 aromatic rings. The van der Waals surface area contributed by atoms with Crippen molar-refractivity contribution in [2.75, 3.05) is 12.8 Å². The van der Waals surface area contributed by atoms with Crippen molar-refractivity contribution in [2.24, 2.45) is 5.92 Å². The third-order valence-corrected chi connectivity index (χ3v) is 5.23. The summed E-state index contributed by atoms with van der Waals surface area (Å²) in [5.41, 5.74) is 8.43. The highest BCUT2D eigenvalue weighted by Gasteiger charge is 2.52. The zero-order valence-corrected chi connectivity index (χ0v) is 14.3. The first kappa shape index (κ1) is 16.1. The lowest BCUT2D eigenvalue weighted by atomic mass is 9.73. The third-order valence-electron chi connectivity index (χ3n) is 5.23. The van der Waals surface area contributed by atoms with Crippen LogP contribution in [0.3, 0.4) is 0 Å². The zero-order valence-electron chi connectivity index (χ0n) is 14.3. The molecule has 5 heteroatoms. The fourth-order valence-corrected chi connectivity index (χ4v) is 3.86. The Morgan fingerprint density at radius 1 is 1.16 bits per heavy atom. The number of ether oxygens (including phenoxy) is 3. The summed E-state index contributed by atoms with van der Waals surface area (Å²) in [6.45, 7) is 1.91. The number of para-hydroxylation sites is 1. The van der Waals surface area contributed by atoms with E-state index in [9.17, 15) is 4.79 Å². The molecule has 130 valence electrons. The molecule has 2 N–H and O–H groups in total. The Hall–Kier alpha value is -2.37. The number of esters is 1. The Labute approximate surface area is 146 Å². The van der Waals surface area contributed by atoms with E-state index >= 15 is 0 Å². The monoisotopic (exact) mass is 339 g/mol. The van der Waals surface area contributed by atoms with Crippen molar-refractivity contribution < 1.29 is 19.0 Å². The molecule has 5 nitrogen and oxygen atoms in total. The van der Waals surface area contributed by atoms with Gasteiger partial charge in [-0.1, -0.05) is 30.3 Å². The molecule has 2 aliphatic rings. The maximum absolute atomic E-state index is 12.8. The van der Waals surface area contributed by atoms with Crippen LogP contribution < -0.4 is 10.5 Å². The summed E-state index contributed by atoms with van der Waals surface area (Å²) in [5, 5.41) is 0. The van der Waals surface area contributed by atoms with E-state index in [1.165, 1.54) is 0 Å². The Kier molecular flexibility index (Phi) is 3.78. The summed E-state index contributed by atoms with van der Waals surface area (Å²) in [7, 11) is 1.63. The number of nitrogens with two attached hydrogens (primary N) is 1. The summed E-state index contributed by atoms with van der Waals surface area (Å²) >= 11 is 0. The van der Waals surface area contributed by atoms with E-state index in [1.807, 2.05) is 49.4 Å². The summed E-state index contributed by atoms with van der Waals surface area (Å²) in [6, 6.07) is 15.2. The van der Waals surface area contributed by atoms with Crippen molar-refractivity contribution in [1.29, 1.82) is 0 Å². The number of anilines is 1. The van der Waals surface area contributed by atoms with Gasteiger partial charge >= 0.3 is 5.97 Å². The van der Waals surface area contributed by atoms with Gasteiger partial charge < -0.3 is 19.9 Å². The van der Waals surface area contributed by atoms with Gasteiger partial charge in [0.25, 0.3) is 0 Å². The van der Waals surface area contributed by atoms with Gasteiger partial charge in [0.05, 0.1) is 5.92 Å². The maximum atomic E-state index is 12.8. The molecule has 2 aromatic carbocycles. The highest BCUT2D eigenvalue weighted by molar-refractivity contribution is 5.80. The van der Waals surface area contributed by atoms with Gasteiger partial charge in [0.1, 0.15) is 11.9 Å². The molecule has 0 saturated carbocycles. The number of carbonyl (C=O) groups is 1. The summed E-state index contributed by atoms with van der Waals surface area (Å²) < 4.78 is 17.5. The van der Waals surface area contributed by atoms with E-state index in [0.717, 1.165) is 11.1 Å². The van der Waals surface area contributed by atoms with Gasteiger partial charge in [-0.3, -0.25) is 4.79 Å². The minimum atomic E-state index is -0.780. The highest BCUT2D eigenvalue weighted by atomic mass is 16.7. The fraction of sp³-hybridized carbons (Fsp3) is 0.350. The first-order valence-corrected chi connectivity index (χ1v) is 8.40. The van der Waals surface area contributed by atoms with Crippen LogP contribution in [0.15, 0.2) is 48.5 Å². The highest BCUT2D eigenvalue weighted by Crippen LogP contribution is 2.53. The smallest absolute Gasteiger partial charge is 0.317 e. The van der Waals surface area contributed by atoms with Crippen LogP contribution in [0.4, 0.5) is 5.69 Å². The lowest BCUT2D eigenvalue weighted by Gasteiger charge is -2.47. The average Bonchev–Trinajstić information content (AvgIpc) is 2.62. The van der Waals surface area contributed by atoms with Gasteiger partial charge in [-0.15, -0.1) is 0 Å². The van der Waals surface area contributed by atoms with Crippen LogP contribution in [-0.2, 0) is 14.3 Å². The summed E-state index contributed by atoms with van der Waals surface area (Å²) in [6.07, 6.45) is 0.157. The largest absolute Gasteiger partial charge is 0.426 e. The topological polar surface area (TPSA) is 70.8 Å². The normalized spacial score (nSPS) is 31.0. The van der Waals surface area contributed by atoms with Crippen LogP contribution >= 0.6 is 0 Å². The summed E-state index contributed by atoms with van der Waals surface area (Å²) in [4.78, 5) is 12.8. The Balaban J connectivity index is 1.82. The number of hydrogen-bond donors (Lipinski definition) is 1. The van der Waals surface area contributed by atoms with Gasteiger partial charge in [-0.2, -0.15) is 0 Å². The molecular formula is C20H21NO4. The van der Waals surface area contributed by atoms with Gasteiger partial charge in [0, 0.05) is 30.7 Å². The molecule has 0 spiro atoms. The molecule has 4 unspecified atom stereocenters. The molecule has 0 amide bonds. The first-order chi connectivity index (χ1) is 12.0. The Bertz CT molecular complexity index is 804. The predicted molar refractivity (Wildman–Crippen MR) is 93.0 cm³/mol. The molecular weight excluding hydrogens is 318 g/mol. The molecule has 0 bridgehead atoms. The number of rotatable bonds is 2. The second kappa shape index (κ2) is 5.86. The van der Waals surface area contributed by atoms with E-state index in [2.05, 4.69) is 0 Å². The molecule has 1 fully saturated rings. The molecule has 0 aliphatic carbocycles. The van der Waals surface area contributed by atoms with E-state index in [-0.39, 0.29) is 11.9 Å². The van der Waals surface area contributed by atoms with Gasteiger partial charge in [-0.25, -0.2) is 0 Å². The lowest BCUT2D eigenvalue weighted by molar-refractivity contribution is -0.279. The van der Waals surface area contributed by atoms with Crippen molar-refractivity contribution >= 4 is 11.7 Å². The molecule has 4 atom stereocenters. The van der Waals surface area contributed by atoms with Crippen LogP contribution in [0.1, 0.15) is 36.5 Å². The second-order valence-electron chi connectivity index (χ2n) is 6.84. The van der Waals surface area contributed by atoms with E-state index in [1.54, 1.807) is 13.2 Å². The molecule has 0 aromatic heterocycles. The van der Waals surface area contributed by atoms with Crippen molar-refractivity contribution in [1.82, 2.24) is 0 Å². The number of nitrogen functional groups attached to an aromatic ring is 1. The molecule has 2 heterocycles. The zero-order chi connectivity index (χ0) is 17.6. The van der Waals surface area contributed by atoms with E-state index < -0.39 is 17.8 Å². The van der Waals surface area contributed by atoms with Crippen molar-refractivity contribution in [3.63, 3.8) is 0 Å². The summed E-state index contributed by atoms with van der Waals surface area (Å²) in [5.74, 6) is -0.974. The third kappa shape index (κ3) is 2.69. The van der Waals surface area contributed by atoms with E-state index in [0.29, 0.717) is 17.9 Å². The molecule has 0 radical (unpaired) electrons. The van der Waals surface area contributed by atoms with E-state index in [4.69, 9.17) is 19.9 Å². The molecule has 25 heavy (non-hydrogen) atoms. The minimum Gasteiger partial charge on any atom is -0.426 e. The van der Waals surface area contributed by atoms with Crippen molar-refractivity contribution in [3.05, 3.63) is 59.7 Å². The van der Waals surface area contributed by atoms with Gasteiger partial charge in [-0.05, 0) is 30.7 Å². The van der Waals surface area contributed by atoms with Crippen LogP contribution in [0.2, 0.25) is 0 Å². The maximum Gasteiger partial charge on any atom is 0.317 e. The predicted octanol–water partition coefficient (Wildman–Crippen LogP) is 3.41. The number of hydrogen-bond acceptors (Lipinski definition) is 5. The van der Waals surface area contributed by atoms with Crippen LogP contribution in [0.25, 0.3) is 0 Å². The van der Waals surface area contributed by atoms with Crippen molar-refractivity contribution in [2.45, 2.75) is 31.2 Å². The SMILES string of the molecule is COC1(C)CC(c2ccc(N)cc2)C2C(=O)Oc3ccccc3C2O1. The van der Waals surface area contributed by atoms with Crippen LogP contribution in [0, 0.1) is 5.92 Å². The molecule has 2 aliphatic heterocycles. The second-order valence-corrected chi connectivity index (χ2v) is 6.84. The first-order valence-electron chi connectivity index (χ1n) is 8.40. The average molecular weight is 339 g/mol. The van der Waals surface area contributed by atoms with Crippen molar-refractivity contribution in [3.8, 4) is 5.75 Å². The quantitative estimate of drug-likeness (QED) is 0.516. The number of carbonyl (C=O) groups excluding carboxylic acids is 1. The van der Waals surface area contributed by atoms with Gasteiger partial charge in [0.2, 0.25) is 0 Å². The number of fused-ring (bicyclic) bond motifs is 3. The Morgan fingerprint density at radius 3 is 2.60 bits per heavy atom. The van der Waals surface area contributed by atoms with Gasteiger partial charge in [0.15, 0.2) is 5.79 Å². The molecule has 4 rings (SSSR count). The molecule has 1 saturated heterocycles. The number of methoxy groups -OCH3 is 1. The standard InChI is InChI=1S/C20H21NO4/c1-20(23-2)11-15(12-7-9-13(21)10-8-12)17-18(25-20)14-5-3-4-6-16(14)24-19(17)22/h3-10,15,17-18H,11,21H2,1-2H3. The lowest BCUT2D eigenvalue weighted by Crippen LogP contribution is -2.49. The number of benzene rings is 2. The minimum absolute atomic E-state index is 0.0786. The van der Waals surface area contributed by atoms with Crippen LogP contribution in [-0.4, -0.2) is 18.9 Å². The fourth-order valence-electron chi connectivity index (χ4n) is 3.86.